The molecule has 1 saturated heterocycles. The first-order chi connectivity index (χ1) is 14.1. The van der Waals surface area contributed by atoms with Gasteiger partial charge in [0.2, 0.25) is 5.88 Å². The average Bonchev–Trinajstić information content (AvgIpc) is 2.76. The van der Waals surface area contributed by atoms with Crippen molar-refractivity contribution < 1.29 is 9.53 Å². The topological polar surface area (TPSA) is 58.6 Å². The first-order valence-corrected chi connectivity index (χ1v) is 10.3. The van der Waals surface area contributed by atoms with E-state index in [9.17, 15) is 4.79 Å². The number of benzene rings is 1. The molecule has 3 aromatic rings. The maximum atomic E-state index is 13.1. The zero-order valence-corrected chi connectivity index (χ0v) is 17.8. The summed E-state index contributed by atoms with van der Waals surface area (Å²) in [6.07, 6.45) is 3.25. The van der Waals surface area contributed by atoms with Gasteiger partial charge in [-0.3, -0.25) is 4.79 Å². The molecule has 0 aliphatic carbocycles. The van der Waals surface area contributed by atoms with Crippen LogP contribution in [0, 0.1) is 0 Å². The molecular formula is C21H18BrClN4O2. The average molecular weight is 474 g/mol. The molecule has 0 atom stereocenters. The van der Waals surface area contributed by atoms with Gasteiger partial charge in [-0.15, -0.1) is 0 Å². The molecule has 1 aliphatic heterocycles. The molecule has 0 saturated carbocycles. The summed E-state index contributed by atoms with van der Waals surface area (Å²) >= 11 is 9.31. The summed E-state index contributed by atoms with van der Waals surface area (Å²) in [5.74, 6) is 1.71. The van der Waals surface area contributed by atoms with Crippen molar-refractivity contribution in [1.82, 2.24) is 14.9 Å². The SMILES string of the molecule is O=C(c1cccnc1Oc1ccc(Br)cc1)N1CCN(c2ccc(Cl)cn2)CC1. The normalized spacial score (nSPS) is 14.0. The lowest BCUT2D eigenvalue weighted by molar-refractivity contribution is 0.0743. The summed E-state index contributed by atoms with van der Waals surface area (Å²) in [7, 11) is 0. The molecule has 0 spiro atoms. The van der Waals surface area contributed by atoms with Crippen LogP contribution in [0.3, 0.4) is 0 Å². The van der Waals surface area contributed by atoms with Crippen molar-refractivity contribution in [1.29, 1.82) is 0 Å². The van der Waals surface area contributed by atoms with Gasteiger partial charge in [-0.05, 0) is 48.5 Å². The largest absolute Gasteiger partial charge is 0.438 e. The highest BCUT2D eigenvalue weighted by atomic mass is 79.9. The van der Waals surface area contributed by atoms with Crippen LogP contribution in [0.15, 0.2) is 65.4 Å². The third kappa shape index (κ3) is 4.68. The summed E-state index contributed by atoms with van der Waals surface area (Å²) in [5, 5.41) is 0.609. The number of carbonyl (C=O) groups excluding carboxylic acids is 1. The van der Waals surface area contributed by atoms with Crippen LogP contribution in [0.4, 0.5) is 5.82 Å². The van der Waals surface area contributed by atoms with E-state index < -0.39 is 0 Å². The molecule has 1 fully saturated rings. The Morgan fingerprint density at radius 3 is 2.45 bits per heavy atom. The van der Waals surface area contributed by atoms with E-state index in [1.165, 1.54) is 0 Å². The van der Waals surface area contributed by atoms with Gasteiger partial charge < -0.3 is 14.5 Å². The van der Waals surface area contributed by atoms with Crippen molar-refractivity contribution in [3.8, 4) is 11.6 Å². The number of anilines is 1. The smallest absolute Gasteiger partial charge is 0.259 e. The van der Waals surface area contributed by atoms with Gasteiger partial charge in [-0.1, -0.05) is 27.5 Å². The fourth-order valence-electron chi connectivity index (χ4n) is 3.11. The molecule has 8 heteroatoms. The van der Waals surface area contributed by atoms with Gasteiger partial charge in [-0.25, -0.2) is 9.97 Å². The fraction of sp³-hybridized carbons (Fsp3) is 0.190. The number of hydrogen-bond donors (Lipinski definition) is 0. The van der Waals surface area contributed by atoms with E-state index in [0.29, 0.717) is 48.4 Å². The Kier molecular flexibility index (Phi) is 5.97. The van der Waals surface area contributed by atoms with E-state index in [2.05, 4.69) is 30.8 Å². The van der Waals surface area contributed by atoms with Gasteiger partial charge in [-0.2, -0.15) is 0 Å². The summed E-state index contributed by atoms with van der Waals surface area (Å²) in [6, 6.07) is 14.6. The Labute approximate surface area is 182 Å². The van der Waals surface area contributed by atoms with Gasteiger partial charge in [0.25, 0.3) is 5.91 Å². The number of halogens is 2. The molecule has 0 radical (unpaired) electrons. The van der Waals surface area contributed by atoms with Crippen LogP contribution >= 0.6 is 27.5 Å². The Morgan fingerprint density at radius 1 is 1.00 bits per heavy atom. The standard InChI is InChI=1S/C21H18BrClN4O2/c22-15-3-6-17(7-4-15)29-20-18(2-1-9-24-20)21(28)27-12-10-26(11-13-27)19-8-5-16(23)14-25-19/h1-9,14H,10-13H2. The predicted octanol–water partition coefficient (Wildman–Crippen LogP) is 4.65. The van der Waals surface area contributed by atoms with Crippen LogP contribution in [0.5, 0.6) is 11.6 Å². The summed E-state index contributed by atoms with van der Waals surface area (Å²) < 4.78 is 6.82. The number of piperazine rings is 1. The predicted molar refractivity (Wildman–Crippen MR) is 116 cm³/mol. The Balaban J connectivity index is 1.45. The van der Waals surface area contributed by atoms with E-state index in [0.717, 1.165) is 10.3 Å². The summed E-state index contributed by atoms with van der Waals surface area (Å²) in [6.45, 7) is 2.58. The third-order valence-electron chi connectivity index (χ3n) is 4.63. The van der Waals surface area contributed by atoms with Crippen LogP contribution in [0.25, 0.3) is 0 Å². The Hall–Kier alpha value is -2.64. The van der Waals surface area contributed by atoms with E-state index in [-0.39, 0.29) is 5.91 Å². The molecule has 1 aliphatic rings. The van der Waals surface area contributed by atoms with Crippen molar-refractivity contribution >= 4 is 39.3 Å². The van der Waals surface area contributed by atoms with Crippen molar-refractivity contribution in [3.05, 3.63) is 76.0 Å². The number of nitrogens with zero attached hydrogens (tertiary/aromatic N) is 4. The zero-order valence-electron chi connectivity index (χ0n) is 15.5. The van der Waals surface area contributed by atoms with Gasteiger partial charge in [0, 0.05) is 43.0 Å². The van der Waals surface area contributed by atoms with Gasteiger partial charge in [0.1, 0.15) is 17.1 Å². The highest BCUT2D eigenvalue weighted by Gasteiger charge is 2.25. The molecule has 6 nitrogen and oxygen atoms in total. The van der Waals surface area contributed by atoms with Crippen LogP contribution in [0.2, 0.25) is 5.02 Å². The highest BCUT2D eigenvalue weighted by Crippen LogP contribution is 2.26. The molecule has 2 aromatic heterocycles. The van der Waals surface area contributed by atoms with E-state index in [4.69, 9.17) is 16.3 Å². The maximum absolute atomic E-state index is 13.1. The summed E-state index contributed by atoms with van der Waals surface area (Å²) in [5.41, 5.74) is 0.452. The number of rotatable bonds is 4. The highest BCUT2D eigenvalue weighted by molar-refractivity contribution is 9.10. The second kappa shape index (κ2) is 8.80. The molecule has 0 N–H and O–H groups in total. The maximum Gasteiger partial charge on any atom is 0.259 e. The van der Waals surface area contributed by atoms with E-state index in [1.54, 1.807) is 24.5 Å². The molecular weight excluding hydrogens is 456 g/mol. The Morgan fingerprint density at radius 2 is 1.76 bits per heavy atom. The monoisotopic (exact) mass is 472 g/mol. The van der Waals surface area contributed by atoms with Crippen LogP contribution in [-0.4, -0.2) is 47.0 Å². The minimum atomic E-state index is -0.0890. The first-order valence-electron chi connectivity index (χ1n) is 9.14. The number of aromatic nitrogens is 2. The molecule has 4 rings (SSSR count). The molecule has 1 amide bonds. The first kappa shape index (κ1) is 19.7. The molecule has 1 aromatic carbocycles. The lowest BCUT2D eigenvalue weighted by Crippen LogP contribution is -2.49. The molecule has 0 bridgehead atoms. The van der Waals surface area contributed by atoms with Gasteiger partial charge in [0.05, 0.1) is 5.02 Å². The third-order valence-corrected chi connectivity index (χ3v) is 5.38. The second-order valence-electron chi connectivity index (χ2n) is 6.53. The number of hydrogen-bond acceptors (Lipinski definition) is 5. The zero-order chi connectivity index (χ0) is 20.2. The molecule has 3 heterocycles. The van der Waals surface area contributed by atoms with E-state index >= 15 is 0 Å². The van der Waals surface area contributed by atoms with Crippen LogP contribution in [-0.2, 0) is 0 Å². The number of carbonyl (C=O) groups is 1. The van der Waals surface area contributed by atoms with Gasteiger partial charge >= 0.3 is 0 Å². The molecule has 0 unspecified atom stereocenters. The minimum absolute atomic E-state index is 0.0890. The van der Waals surface area contributed by atoms with Crippen molar-refractivity contribution in [3.63, 3.8) is 0 Å². The molecule has 148 valence electrons. The minimum Gasteiger partial charge on any atom is -0.438 e. The number of ether oxygens (including phenoxy) is 1. The van der Waals surface area contributed by atoms with Crippen molar-refractivity contribution in [2.75, 3.05) is 31.1 Å². The van der Waals surface area contributed by atoms with Crippen LogP contribution in [0.1, 0.15) is 10.4 Å². The van der Waals surface area contributed by atoms with Crippen LogP contribution < -0.4 is 9.64 Å². The van der Waals surface area contributed by atoms with Crippen molar-refractivity contribution in [2.24, 2.45) is 0 Å². The van der Waals surface area contributed by atoms with Gasteiger partial charge in [0.15, 0.2) is 0 Å². The Bertz CT molecular complexity index is 990. The van der Waals surface area contributed by atoms with Crippen molar-refractivity contribution in [2.45, 2.75) is 0 Å². The lowest BCUT2D eigenvalue weighted by Gasteiger charge is -2.35. The second-order valence-corrected chi connectivity index (χ2v) is 7.88. The lowest BCUT2D eigenvalue weighted by atomic mass is 10.2. The number of pyridine rings is 2. The summed E-state index contributed by atoms with van der Waals surface area (Å²) in [4.78, 5) is 25.7. The number of amides is 1. The van der Waals surface area contributed by atoms with E-state index in [1.807, 2.05) is 41.3 Å². The molecule has 29 heavy (non-hydrogen) atoms. The fourth-order valence-corrected chi connectivity index (χ4v) is 3.49. The quantitative estimate of drug-likeness (QED) is 0.552.